The lowest BCUT2D eigenvalue weighted by Gasteiger charge is -2.31. The number of Topliss-reactive ketones (excluding diaryl/α,β-unsaturated/α-hetero) is 1. The van der Waals surface area contributed by atoms with Crippen LogP contribution in [-0.2, 0) is 21.4 Å². The Hall–Kier alpha value is -5.25. The number of carbonyl (C=O) groups excluding carboxylic acids is 1. The molecule has 1 fully saturated rings. The SMILES string of the molecule is COc1ccccc1S(=O)(=O)Nc1noc2cc(Cn3cc(N4CCC(C(=O)COc5c(F)ccc(F)c5F)CC4)cn3)cc(OC)c12. The van der Waals surface area contributed by atoms with E-state index in [1.807, 2.05) is 6.20 Å². The van der Waals surface area contributed by atoms with Crippen molar-refractivity contribution >= 4 is 38.3 Å². The van der Waals surface area contributed by atoms with E-state index in [1.165, 1.54) is 26.4 Å². The molecule has 3 heterocycles. The standard InChI is InChI=1S/C32H30F3N5O7S/c1-44-25-5-3-4-6-28(25)48(42,43)38-32-29-26(45-2)13-19(14-27(29)47-37-32)16-40-17-21(15-36-40)39-11-9-20(10-12-39)24(41)18-46-31-23(34)8-7-22(33)30(31)35/h3-8,13-15,17,20H,9-12,16,18H2,1-2H3,(H,37,38). The first-order valence-electron chi connectivity index (χ1n) is 14.8. The molecule has 0 saturated carbocycles. The second-order valence-electron chi connectivity index (χ2n) is 11.0. The fraction of sp³-hybridized carbons (Fsp3) is 0.281. The van der Waals surface area contributed by atoms with Crippen LogP contribution in [0.25, 0.3) is 11.0 Å². The Morgan fingerprint density at radius 2 is 1.75 bits per heavy atom. The fourth-order valence-corrected chi connectivity index (χ4v) is 6.76. The second-order valence-corrected chi connectivity index (χ2v) is 12.7. The van der Waals surface area contributed by atoms with Crippen LogP contribution in [0.2, 0.25) is 0 Å². The van der Waals surface area contributed by atoms with Gasteiger partial charge in [0.05, 0.1) is 32.6 Å². The smallest absolute Gasteiger partial charge is 0.266 e. The zero-order valence-electron chi connectivity index (χ0n) is 25.8. The van der Waals surface area contributed by atoms with Gasteiger partial charge in [-0.05, 0) is 54.8 Å². The van der Waals surface area contributed by atoms with Gasteiger partial charge in [-0.15, -0.1) is 0 Å². The van der Waals surface area contributed by atoms with Gasteiger partial charge in [-0.1, -0.05) is 17.3 Å². The minimum absolute atomic E-state index is 0.0394. The van der Waals surface area contributed by atoms with Gasteiger partial charge in [0.1, 0.15) is 28.4 Å². The summed E-state index contributed by atoms with van der Waals surface area (Å²) >= 11 is 0. The van der Waals surface area contributed by atoms with E-state index in [2.05, 4.69) is 19.9 Å². The van der Waals surface area contributed by atoms with E-state index >= 15 is 0 Å². The lowest BCUT2D eigenvalue weighted by atomic mass is 9.92. The summed E-state index contributed by atoms with van der Waals surface area (Å²) in [6.07, 6.45) is 4.54. The molecule has 0 atom stereocenters. The Morgan fingerprint density at radius 1 is 1.02 bits per heavy atom. The summed E-state index contributed by atoms with van der Waals surface area (Å²) in [5, 5.41) is 8.75. The van der Waals surface area contributed by atoms with E-state index in [0.717, 1.165) is 17.3 Å². The Labute approximate surface area is 273 Å². The molecule has 1 saturated heterocycles. The van der Waals surface area contributed by atoms with Crippen LogP contribution in [0.3, 0.4) is 0 Å². The first kappa shape index (κ1) is 32.7. The number of ether oxygens (including phenoxy) is 3. The number of fused-ring (bicyclic) bond motifs is 1. The van der Waals surface area contributed by atoms with Gasteiger partial charge < -0.3 is 23.6 Å². The summed E-state index contributed by atoms with van der Waals surface area (Å²) in [7, 11) is -1.24. The Morgan fingerprint density at radius 3 is 2.50 bits per heavy atom. The van der Waals surface area contributed by atoms with E-state index in [0.29, 0.717) is 55.3 Å². The molecule has 2 aromatic heterocycles. The highest BCUT2D eigenvalue weighted by Gasteiger charge is 2.28. The van der Waals surface area contributed by atoms with E-state index in [-0.39, 0.29) is 28.2 Å². The van der Waals surface area contributed by atoms with Gasteiger partial charge in [0.15, 0.2) is 34.6 Å². The van der Waals surface area contributed by atoms with E-state index in [4.69, 9.17) is 18.7 Å². The molecule has 12 nitrogen and oxygen atoms in total. The second kappa shape index (κ2) is 13.5. The molecule has 0 spiro atoms. The highest BCUT2D eigenvalue weighted by Crippen LogP contribution is 2.36. The number of benzene rings is 3. The normalized spacial score (nSPS) is 13.9. The molecule has 0 unspecified atom stereocenters. The van der Waals surface area contributed by atoms with Crippen molar-refractivity contribution in [2.75, 3.05) is 43.5 Å². The zero-order valence-corrected chi connectivity index (χ0v) is 26.6. The van der Waals surface area contributed by atoms with Gasteiger partial charge in [-0.2, -0.15) is 9.49 Å². The van der Waals surface area contributed by atoms with Crippen LogP contribution in [0.15, 0.2) is 70.3 Å². The Kier molecular flexibility index (Phi) is 9.17. The summed E-state index contributed by atoms with van der Waals surface area (Å²) in [6.45, 7) is 0.842. The Bertz CT molecular complexity index is 2080. The maximum atomic E-state index is 13.9. The van der Waals surface area contributed by atoms with Crippen molar-refractivity contribution in [2.24, 2.45) is 5.92 Å². The number of nitrogens with zero attached hydrogens (tertiary/aromatic N) is 4. The first-order chi connectivity index (χ1) is 23.1. The van der Waals surface area contributed by atoms with Crippen LogP contribution in [0.1, 0.15) is 18.4 Å². The van der Waals surface area contributed by atoms with Crippen molar-refractivity contribution in [3.63, 3.8) is 0 Å². The number of para-hydroxylation sites is 1. The van der Waals surface area contributed by atoms with Crippen molar-refractivity contribution in [2.45, 2.75) is 24.3 Å². The van der Waals surface area contributed by atoms with Crippen LogP contribution < -0.4 is 23.8 Å². The van der Waals surface area contributed by atoms with E-state index < -0.39 is 39.8 Å². The number of hydrogen-bond donors (Lipinski definition) is 1. The van der Waals surface area contributed by atoms with Crippen LogP contribution >= 0.6 is 0 Å². The third-order valence-corrected chi connectivity index (χ3v) is 9.43. The van der Waals surface area contributed by atoms with Gasteiger partial charge in [0.2, 0.25) is 5.82 Å². The molecule has 6 rings (SSSR count). The number of carbonyl (C=O) groups is 1. The van der Waals surface area contributed by atoms with Gasteiger partial charge in [-0.25, -0.2) is 17.2 Å². The van der Waals surface area contributed by atoms with Crippen LogP contribution in [0.4, 0.5) is 24.7 Å². The Balaban J connectivity index is 1.09. The molecule has 1 N–H and O–H groups in total. The molecule has 252 valence electrons. The summed E-state index contributed by atoms with van der Waals surface area (Å²) in [4.78, 5) is 14.7. The van der Waals surface area contributed by atoms with Crippen LogP contribution in [0.5, 0.6) is 17.2 Å². The number of aromatic nitrogens is 3. The number of nitrogens with one attached hydrogen (secondary N) is 1. The number of halogens is 3. The van der Waals surface area contributed by atoms with Crippen LogP contribution in [0, 0.1) is 23.4 Å². The summed E-state index contributed by atoms with van der Waals surface area (Å²) in [6, 6.07) is 11.0. The molecule has 5 aromatic rings. The largest absolute Gasteiger partial charge is 0.496 e. The zero-order chi connectivity index (χ0) is 34.0. The van der Waals surface area contributed by atoms with Gasteiger partial charge in [0.25, 0.3) is 10.0 Å². The third-order valence-electron chi connectivity index (χ3n) is 8.05. The quantitative estimate of drug-likeness (QED) is 0.175. The van der Waals surface area contributed by atoms with Crippen molar-refractivity contribution < 1.29 is 45.1 Å². The molecule has 0 radical (unpaired) electrons. The van der Waals surface area contributed by atoms with Gasteiger partial charge in [-0.3, -0.25) is 14.2 Å². The maximum Gasteiger partial charge on any atom is 0.266 e. The minimum Gasteiger partial charge on any atom is -0.496 e. The molecule has 1 aliphatic heterocycles. The number of sulfonamides is 1. The van der Waals surface area contributed by atoms with Gasteiger partial charge in [0, 0.05) is 25.2 Å². The van der Waals surface area contributed by atoms with Gasteiger partial charge >= 0.3 is 0 Å². The van der Waals surface area contributed by atoms with Crippen molar-refractivity contribution in [1.29, 1.82) is 0 Å². The number of anilines is 2. The predicted octanol–water partition coefficient (Wildman–Crippen LogP) is 5.17. The molecule has 1 aliphatic rings. The minimum atomic E-state index is -4.07. The fourth-order valence-electron chi connectivity index (χ4n) is 5.59. The molecular formula is C32H30F3N5O7S. The average molecular weight is 686 g/mol. The first-order valence-corrected chi connectivity index (χ1v) is 16.2. The number of hydrogen-bond acceptors (Lipinski definition) is 10. The average Bonchev–Trinajstić information content (AvgIpc) is 3.73. The number of rotatable bonds is 12. The third kappa shape index (κ3) is 6.60. The highest BCUT2D eigenvalue weighted by molar-refractivity contribution is 7.92. The monoisotopic (exact) mass is 685 g/mol. The number of methoxy groups -OCH3 is 2. The lowest BCUT2D eigenvalue weighted by molar-refractivity contribution is -0.125. The molecule has 16 heteroatoms. The van der Waals surface area contributed by atoms with E-state index in [1.54, 1.807) is 35.1 Å². The summed E-state index contributed by atoms with van der Waals surface area (Å²) in [5.74, 6) is -4.92. The van der Waals surface area contributed by atoms with E-state index in [9.17, 15) is 26.4 Å². The molecule has 0 bridgehead atoms. The lowest BCUT2D eigenvalue weighted by Crippen LogP contribution is -2.37. The highest BCUT2D eigenvalue weighted by atomic mass is 32.2. The molecule has 48 heavy (non-hydrogen) atoms. The molecule has 0 amide bonds. The summed E-state index contributed by atoms with van der Waals surface area (Å²) < 4.78 is 92.8. The van der Waals surface area contributed by atoms with Crippen molar-refractivity contribution in [3.05, 3.63) is 83.9 Å². The molecular weight excluding hydrogens is 655 g/mol. The number of piperidine rings is 1. The van der Waals surface area contributed by atoms with Crippen molar-refractivity contribution in [1.82, 2.24) is 14.9 Å². The van der Waals surface area contributed by atoms with Crippen LogP contribution in [-0.4, -0.2) is 63.1 Å². The molecule has 3 aromatic carbocycles. The predicted molar refractivity (Wildman–Crippen MR) is 167 cm³/mol. The number of ketones is 1. The van der Waals surface area contributed by atoms with Crippen molar-refractivity contribution in [3.8, 4) is 17.2 Å². The molecule has 0 aliphatic carbocycles. The summed E-state index contributed by atoms with van der Waals surface area (Å²) in [5.41, 5.74) is 1.88. The topological polar surface area (TPSA) is 138 Å². The maximum absolute atomic E-state index is 13.9.